The summed E-state index contributed by atoms with van der Waals surface area (Å²) < 4.78 is 0. The molecule has 38 heavy (non-hydrogen) atoms. The first kappa shape index (κ1) is 24.8. The Balaban J connectivity index is 1.52. The van der Waals surface area contributed by atoms with Gasteiger partial charge in [-0.2, -0.15) is 0 Å². The minimum absolute atomic E-state index is 0.290. The molecule has 0 aliphatic carbocycles. The number of benzene rings is 4. The van der Waals surface area contributed by atoms with Crippen molar-refractivity contribution in [2.45, 2.75) is 25.8 Å². The van der Waals surface area contributed by atoms with Crippen LogP contribution in [-0.2, 0) is 15.1 Å². The number of carbonyl (C=O) groups excluding carboxylic acids is 3. The highest BCUT2D eigenvalue weighted by Crippen LogP contribution is 2.46. The van der Waals surface area contributed by atoms with Gasteiger partial charge in [-0.3, -0.25) is 14.5 Å². The van der Waals surface area contributed by atoms with E-state index in [9.17, 15) is 14.4 Å². The van der Waals surface area contributed by atoms with E-state index in [2.05, 4.69) is 16.0 Å². The number of rotatable bonds is 6. The molecule has 0 aromatic heterocycles. The molecule has 3 N–H and O–H groups in total. The Labute approximate surface area is 221 Å². The molecular weight excluding hydrogens is 476 g/mol. The van der Waals surface area contributed by atoms with Gasteiger partial charge in [0.1, 0.15) is 0 Å². The first-order chi connectivity index (χ1) is 18.4. The topological polar surface area (TPSA) is 90.5 Å². The molecule has 7 nitrogen and oxygen atoms in total. The van der Waals surface area contributed by atoms with Gasteiger partial charge in [0.15, 0.2) is 5.54 Å². The molecule has 0 fully saturated rings. The number of hydrogen-bond donors (Lipinski definition) is 3. The Hall–Kier alpha value is -4.91. The highest BCUT2D eigenvalue weighted by atomic mass is 16.2. The van der Waals surface area contributed by atoms with E-state index in [-0.39, 0.29) is 6.42 Å². The van der Waals surface area contributed by atoms with Crippen molar-refractivity contribution in [3.8, 4) is 0 Å². The Morgan fingerprint density at radius 1 is 0.711 bits per heavy atom. The van der Waals surface area contributed by atoms with Crippen LogP contribution in [0.1, 0.15) is 23.1 Å². The summed E-state index contributed by atoms with van der Waals surface area (Å²) in [5.74, 6) is -0.814. The summed E-state index contributed by atoms with van der Waals surface area (Å²) in [4.78, 5) is 42.5. The quantitative estimate of drug-likeness (QED) is 0.300. The number of nitrogens with zero attached hydrogens (tertiary/aromatic N) is 1. The Morgan fingerprint density at radius 2 is 1.26 bits per heavy atom. The number of amides is 4. The fourth-order valence-corrected chi connectivity index (χ4v) is 4.69. The predicted molar refractivity (Wildman–Crippen MR) is 149 cm³/mol. The molecule has 0 bridgehead atoms. The zero-order valence-electron chi connectivity index (χ0n) is 21.2. The van der Waals surface area contributed by atoms with Gasteiger partial charge in [0.05, 0.1) is 12.1 Å². The van der Waals surface area contributed by atoms with E-state index >= 15 is 0 Å². The summed E-state index contributed by atoms with van der Waals surface area (Å²) in [6, 6.07) is 30.6. The number of anilines is 4. The van der Waals surface area contributed by atoms with Crippen LogP contribution in [0.2, 0.25) is 0 Å². The van der Waals surface area contributed by atoms with E-state index in [1.165, 1.54) is 0 Å². The number of aryl methyl sites for hydroxylation is 2. The molecule has 0 spiro atoms. The maximum Gasteiger partial charge on any atom is 0.320 e. The smallest absolute Gasteiger partial charge is 0.320 e. The number of nitrogens with one attached hydrogen (secondary N) is 3. The van der Waals surface area contributed by atoms with Crippen LogP contribution in [0.15, 0.2) is 103 Å². The van der Waals surface area contributed by atoms with Gasteiger partial charge >= 0.3 is 6.03 Å². The third-order valence-electron chi connectivity index (χ3n) is 6.58. The van der Waals surface area contributed by atoms with Gasteiger partial charge in [-0.15, -0.1) is 0 Å². The highest BCUT2D eigenvalue weighted by Gasteiger charge is 2.53. The molecule has 0 unspecified atom stereocenters. The predicted octanol–water partition coefficient (Wildman–Crippen LogP) is 6.03. The number of carbonyl (C=O) groups is 3. The minimum atomic E-state index is -1.63. The van der Waals surface area contributed by atoms with E-state index in [1.54, 1.807) is 41.3 Å². The Morgan fingerprint density at radius 3 is 1.89 bits per heavy atom. The molecule has 1 atom stereocenters. The van der Waals surface area contributed by atoms with Crippen LogP contribution >= 0.6 is 0 Å². The summed E-state index contributed by atoms with van der Waals surface area (Å²) in [5, 5.41) is 8.56. The molecular formula is C31H28N4O3. The Kier molecular flexibility index (Phi) is 6.66. The van der Waals surface area contributed by atoms with E-state index in [1.807, 2.05) is 80.6 Å². The fraction of sp³-hybridized carbons (Fsp3) is 0.129. The zero-order valence-corrected chi connectivity index (χ0v) is 21.2. The van der Waals surface area contributed by atoms with Crippen molar-refractivity contribution in [2.24, 2.45) is 0 Å². The van der Waals surface area contributed by atoms with Gasteiger partial charge in [0.25, 0.3) is 5.91 Å². The van der Waals surface area contributed by atoms with Gasteiger partial charge < -0.3 is 16.0 Å². The van der Waals surface area contributed by atoms with Crippen LogP contribution in [0, 0.1) is 13.8 Å². The maximum atomic E-state index is 14.3. The van der Waals surface area contributed by atoms with Crippen molar-refractivity contribution in [2.75, 3.05) is 15.5 Å². The molecule has 7 heteroatoms. The first-order valence-corrected chi connectivity index (χ1v) is 12.4. The lowest BCUT2D eigenvalue weighted by Crippen LogP contribution is -2.55. The van der Waals surface area contributed by atoms with Gasteiger partial charge in [0, 0.05) is 22.6 Å². The molecule has 1 aliphatic rings. The lowest BCUT2D eigenvalue weighted by atomic mass is 9.87. The van der Waals surface area contributed by atoms with Crippen molar-refractivity contribution in [3.05, 3.63) is 120 Å². The standard InChI is InChI=1S/C31H28N4O3/c1-21-12-16-23(17-13-21)32-28(36)20-31(34-30(38)33-24-18-14-22(2)15-19-24)26-10-6-7-11-27(26)35(29(31)37)25-8-4-3-5-9-25/h3-19H,20H2,1-2H3,(H,32,36)(H2,33,34,38)/t31-/m0/s1. The van der Waals surface area contributed by atoms with E-state index < -0.39 is 23.4 Å². The molecule has 0 saturated heterocycles. The fourth-order valence-electron chi connectivity index (χ4n) is 4.69. The summed E-state index contributed by atoms with van der Waals surface area (Å²) >= 11 is 0. The van der Waals surface area contributed by atoms with Crippen LogP contribution in [0.25, 0.3) is 0 Å². The van der Waals surface area contributed by atoms with Crippen LogP contribution < -0.4 is 20.9 Å². The second-order valence-corrected chi connectivity index (χ2v) is 9.43. The molecule has 4 amide bonds. The summed E-state index contributed by atoms with van der Waals surface area (Å²) in [6.45, 7) is 3.92. The first-order valence-electron chi connectivity index (χ1n) is 12.4. The highest BCUT2D eigenvalue weighted by molar-refractivity contribution is 6.16. The minimum Gasteiger partial charge on any atom is -0.326 e. The average molecular weight is 505 g/mol. The van der Waals surface area contributed by atoms with Crippen molar-refractivity contribution in [3.63, 3.8) is 0 Å². The summed E-state index contributed by atoms with van der Waals surface area (Å²) in [6.07, 6.45) is -0.290. The number of urea groups is 1. The molecule has 1 aliphatic heterocycles. The molecule has 1 heterocycles. The van der Waals surface area contributed by atoms with E-state index in [0.717, 1.165) is 11.1 Å². The molecule has 190 valence electrons. The van der Waals surface area contributed by atoms with Gasteiger partial charge in [-0.05, 0) is 56.3 Å². The van der Waals surface area contributed by atoms with Gasteiger partial charge in [-0.1, -0.05) is 71.8 Å². The van der Waals surface area contributed by atoms with Crippen LogP contribution in [0.3, 0.4) is 0 Å². The molecule has 0 radical (unpaired) electrons. The second kappa shape index (κ2) is 10.2. The molecule has 5 rings (SSSR count). The average Bonchev–Trinajstić information content (AvgIpc) is 3.14. The van der Waals surface area contributed by atoms with Crippen LogP contribution in [-0.4, -0.2) is 17.8 Å². The van der Waals surface area contributed by atoms with Gasteiger partial charge in [-0.25, -0.2) is 4.79 Å². The summed E-state index contributed by atoms with van der Waals surface area (Å²) in [7, 11) is 0. The number of fused-ring (bicyclic) bond motifs is 1. The molecule has 4 aromatic carbocycles. The third-order valence-corrected chi connectivity index (χ3v) is 6.58. The van der Waals surface area contributed by atoms with Crippen LogP contribution in [0.4, 0.5) is 27.5 Å². The third kappa shape index (κ3) is 4.86. The zero-order chi connectivity index (χ0) is 26.7. The van der Waals surface area contributed by atoms with Crippen molar-refractivity contribution in [1.29, 1.82) is 0 Å². The Bertz CT molecular complexity index is 1420. The van der Waals surface area contributed by atoms with Crippen molar-refractivity contribution >= 4 is 40.6 Å². The summed E-state index contributed by atoms with van der Waals surface area (Å²) in [5.41, 5.74) is 3.48. The lowest BCUT2D eigenvalue weighted by molar-refractivity contribution is -0.127. The lowest BCUT2D eigenvalue weighted by Gasteiger charge is -2.29. The monoisotopic (exact) mass is 504 g/mol. The largest absolute Gasteiger partial charge is 0.326 e. The molecule has 4 aromatic rings. The maximum absolute atomic E-state index is 14.3. The van der Waals surface area contributed by atoms with Crippen molar-refractivity contribution < 1.29 is 14.4 Å². The normalized spacial score (nSPS) is 16.1. The van der Waals surface area contributed by atoms with Gasteiger partial charge in [0.2, 0.25) is 5.91 Å². The number of para-hydroxylation sites is 2. The van der Waals surface area contributed by atoms with E-state index in [4.69, 9.17) is 0 Å². The molecule has 0 saturated carbocycles. The van der Waals surface area contributed by atoms with Crippen molar-refractivity contribution in [1.82, 2.24) is 5.32 Å². The van der Waals surface area contributed by atoms with E-state index in [0.29, 0.717) is 28.3 Å². The van der Waals surface area contributed by atoms with Crippen LogP contribution in [0.5, 0.6) is 0 Å². The second-order valence-electron chi connectivity index (χ2n) is 9.43. The number of hydrogen-bond acceptors (Lipinski definition) is 3. The SMILES string of the molecule is Cc1ccc(NC(=O)C[C@@]2(NC(=O)Nc3ccc(C)cc3)C(=O)N(c3ccccc3)c3ccccc32)cc1.